The van der Waals surface area contributed by atoms with Gasteiger partial charge in [-0.05, 0) is 64.4 Å². The van der Waals surface area contributed by atoms with Crippen molar-refractivity contribution in [1.29, 1.82) is 0 Å². The van der Waals surface area contributed by atoms with Crippen LogP contribution in [0, 0.1) is 0 Å². The second kappa shape index (κ2) is 17.0. The number of ether oxygens (including phenoxy) is 1. The van der Waals surface area contributed by atoms with Gasteiger partial charge in [0.2, 0.25) is 5.91 Å². The van der Waals surface area contributed by atoms with E-state index in [0.717, 1.165) is 82.3 Å². The van der Waals surface area contributed by atoms with Gasteiger partial charge in [-0.2, -0.15) is 0 Å². The third-order valence-electron chi connectivity index (χ3n) is 5.27. The van der Waals surface area contributed by atoms with E-state index < -0.39 is 0 Å². The Morgan fingerprint density at radius 1 is 1.12 bits per heavy atom. The third-order valence-corrected chi connectivity index (χ3v) is 5.27. The van der Waals surface area contributed by atoms with E-state index >= 15 is 0 Å². The first-order chi connectivity index (χ1) is 15.1. The lowest BCUT2D eigenvalue weighted by atomic mass is 10.2. The lowest BCUT2D eigenvalue weighted by Crippen LogP contribution is -2.39. The predicted molar refractivity (Wildman–Crippen MR) is 143 cm³/mol. The van der Waals surface area contributed by atoms with Gasteiger partial charge in [0.25, 0.3) is 0 Å². The highest BCUT2D eigenvalue weighted by Crippen LogP contribution is 2.13. The molecule has 32 heavy (non-hydrogen) atoms. The average Bonchev–Trinajstić information content (AvgIpc) is 2.97. The Morgan fingerprint density at radius 3 is 2.62 bits per heavy atom. The largest absolute Gasteiger partial charge is 0.494 e. The molecule has 7 nitrogen and oxygen atoms in total. The van der Waals surface area contributed by atoms with Crippen molar-refractivity contribution in [3.05, 3.63) is 29.8 Å². The first kappa shape index (κ1) is 28.5. The van der Waals surface area contributed by atoms with E-state index in [4.69, 9.17) is 9.73 Å². The SMILES string of the molecule is CCNC(=NCc1ccc(OCCCN(C)C)cc1)NCCCN1CCCCCC1=O.I. The van der Waals surface area contributed by atoms with E-state index in [2.05, 4.69) is 48.7 Å². The summed E-state index contributed by atoms with van der Waals surface area (Å²) >= 11 is 0. The topological polar surface area (TPSA) is 69.2 Å². The van der Waals surface area contributed by atoms with Crippen LogP contribution in [0.5, 0.6) is 5.75 Å². The minimum Gasteiger partial charge on any atom is -0.494 e. The first-order valence-corrected chi connectivity index (χ1v) is 11.7. The minimum absolute atomic E-state index is 0. The van der Waals surface area contributed by atoms with Crippen LogP contribution in [0.4, 0.5) is 0 Å². The molecule has 1 amide bonds. The number of guanidine groups is 1. The number of likely N-dealkylation sites (tertiary alicyclic amines) is 1. The lowest BCUT2D eigenvalue weighted by Gasteiger charge is -2.20. The zero-order chi connectivity index (χ0) is 22.3. The fourth-order valence-electron chi connectivity index (χ4n) is 3.53. The Hall–Kier alpha value is -1.55. The van der Waals surface area contributed by atoms with E-state index in [1.165, 1.54) is 6.42 Å². The molecule has 1 aromatic carbocycles. The molecule has 2 rings (SSSR count). The summed E-state index contributed by atoms with van der Waals surface area (Å²) in [6.45, 7) is 7.78. The number of benzene rings is 1. The van der Waals surface area contributed by atoms with Crippen LogP contribution in [0.25, 0.3) is 0 Å². The van der Waals surface area contributed by atoms with Crippen LogP contribution >= 0.6 is 24.0 Å². The number of hydrogen-bond donors (Lipinski definition) is 2. The number of rotatable bonds is 12. The molecular weight excluding hydrogens is 517 g/mol. The number of halogens is 1. The zero-order valence-corrected chi connectivity index (χ0v) is 22.4. The number of nitrogens with zero attached hydrogens (tertiary/aromatic N) is 3. The molecule has 0 bridgehead atoms. The van der Waals surface area contributed by atoms with E-state index in [-0.39, 0.29) is 24.0 Å². The highest BCUT2D eigenvalue weighted by atomic mass is 127. The van der Waals surface area contributed by atoms with Crippen molar-refractivity contribution in [2.24, 2.45) is 4.99 Å². The van der Waals surface area contributed by atoms with Crippen molar-refractivity contribution >= 4 is 35.8 Å². The lowest BCUT2D eigenvalue weighted by molar-refractivity contribution is -0.130. The summed E-state index contributed by atoms with van der Waals surface area (Å²) in [5.41, 5.74) is 1.15. The molecule has 0 radical (unpaired) electrons. The van der Waals surface area contributed by atoms with Crippen molar-refractivity contribution in [1.82, 2.24) is 20.4 Å². The molecule has 1 heterocycles. The van der Waals surface area contributed by atoms with Gasteiger partial charge in [-0.25, -0.2) is 4.99 Å². The van der Waals surface area contributed by atoms with E-state index in [1.54, 1.807) is 0 Å². The van der Waals surface area contributed by atoms with Crippen molar-refractivity contribution in [2.75, 3.05) is 53.4 Å². The van der Waals surface area contributed by atoms with Crippen LogP contribution in [0.2, 0.25) is 0 Å². The van der Waals surface area contributed by atoms with Gasteiger partial charge < -0.3 is 25.2 Å². The Balaban J connectivity index is 0.00000512. The van der Waals surface area contributed by atoms with Gasteiger partial charge in [0.05, 0.1) is 13.2 Å². The maximum absolute atomic E-state index is 12.1. The number of amides is 1. The zero-order valence-electron chi connectivity index (χ0n) is 20.1. The Labute approximate surface area is 211 Å². The standard InChI is InChI=1S/C24H41N5O2.HI/c1-4-25-24(26-15-8-18-29-17-7-5-6-10-23(29)30)27-20-21-11-13-22(14-12-21)31-19-9-16-28(2)3;/h11-14H,4-10,15-20H2,1-3H3,(H2,25,26,27);1H. The Bertz CT molecular complexity index is 667. The van der Waals surface area contributed by atoms with E-state index in [0.29, 0.717) is 18.9 Å². The van der Waals surface area contributed by atoms with Crippen LogP contribution in [-0.2, 0) is 11.3 Å². The van der Waals surface area contributed by atoms with Gasteiger partial charge in [0.15, 0.2) is 5.96 Å². The third kappa shape index (κ3) is 11.9. The summed E-state index contributed by atoms with van der Waals surface area (Å²) in [6.07, 6.45) is 5.98. The van der Waals surface area contributed by atoms with Crippen molar-refractivity contribution in [2.45, 2.75) is 52.0 Å². The molecule has 0 saturated carbocycles. The summed E-state index contributed by atoms with van der Waals surface area (Å²) in [7, 11) is 4.14. The monoisotopic (exact) mass is 559 g/mol. The molecule has 1 fully saturated rings. The normalized spacial score (nSPS) is 14.7. The number of nitrogens with one attached hydrogen (secondary N) is 2. The summed E-state index contributed by atoms with van der Waals surface area (Å²) in [5, 5.41) is 6.68. The van der Waals surface area contributed by atoms with Gasteiger partial charge >= 0.3 is 0 Å². The van der Waals surface area contributed by atoms with Gasteiger partial charge in [0, 0.05) is 39.1 Å². The number of hydrogen-bond acceptors (Lipinski definition) is 4. The maximum Gasteiger partial charge on any atom is 0.222 e. The second-order valence-electron chi connectivity index (χ2n) is 8.32. The smallest absolute Gasteiger partial charge is 0.222 e. The summed E-state index contributed by atoms with van der Waals surface area (Å²) in [5.74, 6) is 2.02. The molecule has 1 aliphatic heterocycles. The predicted octanol–water partition coefficient (Wildman–Crippen LogP) is 3.48. The molecule has 182 valence electrons. The van der Waals surface area contributed by atoms with E-state index in [1.807, 2.05) is 17.0 Å². The van der Waals surface area contributed by atoms with E-state index in [9.17, 15) is 4.79 Å². The maximum atomic E-state index is 12.1. The number of carbonyl (C=O) groups excluding carboxylic acids is 1. The Morgan fingerprint density at radius 2 is 1.91 bits per heavy atom. The highest BCUT2D eigenvalue weighted by Gasteiger charge is 2.15. The van der Waals surface area contributed by atoms with Crippen molar-refractivity contribution < 1.29 is 9.53 Å². The molecule has 0 spiro atoms. The molecular formula is C24H42IN5O2. The molecule has 1 aromatic rings. The van der Waals surface area contributed by atoms with Crippen LogP contribution < -0.4 is 15.4 Å². The summed E-state index contributed by atoms with van der Waals surface area (Å²) in [6, 6.07) is 8.16. The number of carbonyl (C=O) groups is 1. The summed E-state index contributed by atoms with van der Waals surface area (Å²) < 4.78 is 5.79. The average molecular weight is 560 g/mol. The van der Waals surface area contributed by atoms with Gasteiger partial charge in [-0.15, -0.1) is 24.0 Å². The molecule has 0 aliphatic carbocycles. The van der Waals surface area contributed by atoms with Crippen molar-refractivity contribution in [3.8, 4) is 5.75 Å². The van der Waals surface area contributed by atoms with Crippen LogP contribution in [0.15, 0.2) is 29.3 Å². The first-order valence-electron chi connectivity index (χ1n) is 11.7. The fourth-order valence-corrected chi connectivity index (χ4v) is 3.53. The van der Waals surface area contributed by atoms with Gasteiger partial charge in [0.1, 0.15) is 5.75 Å². The Kier molecular flexibility index (Phi) is 15.1. The van der Waals surface area contributed by atoms with Crippen LogP contribution in [0.3, 0.4) is 0 Å². The molecule has 0 unspecified atom stereocenters. The van der Waals surface area contributed by atoms with Crippen LogP contribution in [0.1, 0.15) is 51.0 Å². The molecule has 1 aliphatic rings. The molecule has 2 N–H and O–H groups in total. The fraction of sp³-hybridized carbons (Fsp3) is 0.667. The molecule has 0 atom stereocenters. The summed E-state index contributed by atoms with van der Waals surface area (Å²) in [4.78, 5) is 21.0. The van der Waals surface area contributed by atoms with Gasteiger partial charge in [-0.1, -0.05) is 18.6 Å². The molecule has 8 heteroatoms. The molecule has 0 aromatic heterocycles. The van der Waals surface area contributed by atoms with Gasteiger partial charge in [-0.3, -0.25) is 4.79 Å². The second-order valence-corrected chi connectivity index (χ2v) is 8.32. The van der Waals surface area contributed by atoms with Crippen LogP contribution in [-0.4, -0.2) is 75.1 Å². The quantitative estimate of drug-likeness (QED) is 0.178. The molecule has 1 saturated heterocycles. The number of aliphatic imine (C=N–C) groups is 1. The minimum atomic E-state index is 0. The highest BCUT2D eigenvalue weighted by molar-refractivity contribution is 14.0. The van der Waals surface area contributed by atoms with Crippen molar-refractivity contribution in [3.63, 3.8) is 0 Å².